The first-order valence-corrected chi connectivity index (χ1v) is 10.5. The quantitative estimate of drug-likeness (QED) is 0.587. The van der Waals surface area contributed by atoms with Gasteiger partial charge in [0.1, 0.15) is 5.76 Å². The number of hydrogen-bond acceptors (Lipinski definition) is 5. The van der Waals surface area contributed by atoms with Crippen LogP contribution in [-0.4, -0.2) is 19.5 Å². The molecule has 7 nitrogen and oxygen atoms in total. The third-order valence-electron chi connectivity index (χ3n) is 4.49. The van der Waals surface area contributed by atoms with Gasteiger partial charge in [0.05, 0.1) is 27.4 Å². The molecule has 1 heterocycles. The van der Waals surface area contributed by atoms with Crippen LogP contribution in [0, 0.1) is 13.8 Å². The third-order valence-corrected chi connectivity index (χ3v) is 5.86. The van der Waals surface area contributed by atoms with Gasteiger partial charge in [0, 0.05) is 12.1 Å². The predicted octanol–water partition coefficient (Wildman–Crippen LogP) is 4.04. The normalized spacial score (nSPS) is 11.9. The van der Waals surface area contributed by atoms with Crippen molar-refractivity contribution in [1.29, 1.82) is 0 Å². The molecule has 31 heavy (non-hydrogen) atoms. The van der Waals surface area contributed by atoms with E-state index in [1.54, 1.807) is 13.8 Å². The van der Waals surface area contributed by atoms with Crippen LogP contribution in [-0.2, 0) is 22.7 Å². The fourth-order valence-electron chi connectivity index (χ4n) is 2.83. The van der Waals surface area contributed by atoms with Gasteiger partial charge in [-0.2, -0.15) is 13.2 Å². The number of rotatable bonds is 6. The zero-order valence-corrected chi connectivity index (χ0v) is 17.3. The zero-order chi connectivity index (χ0) is 22.8. The first kappa shape index (κ1) is 22.3. The van der Waals surface area contributed by atoms with Crippen LogP contribution in [0.5, 0.6) is 0 Å². The van der Waals surface area contributed by atoms with Gasteiger partial charge in [-0.25, -0.2) is 8.42 Å². The molecule has 11 heteroatoms. The number of benzene rings is 2. The molecule has 0 aliphatic carbocycles. The minimum Gasteiger partial charge on any atom is -0.361 e. The molecule has 0 unspecified atom stereocenters. The second kappa shape index (κ2) is 8.42. The summed E-state index contributed by atoms with van der Waals surface area (Å²) in [5.41, 5.74) is 0.133. The van der Waals surface area contributed by atoms with E-state index < -0.39 is 32.6 Å². The number of amides is 1. The van der Waals surface area contributed by atoms with Crippen LogP contribution in [0.2, 0.25) is 0 Å². The van der Waals surface area contributed by atoms with Gasteiger partial charge in [0.25, 0.3) is 15.9 Å². The highest BCUT2D eigenvalue weighted by molar-refractivity contribution is 7.92. The summed E-state index contributed by atoms with van der Waals surface area (Å²) in [6.45, 7) is 3.52. The Morgan fingerprint density at radius 2 is 1.81 bits per heavy atom. The summed E-state index contributed by atoms with van der Waals surface area (Å²) in [6, 6.07) is 9.11. The molecule has 0 radical (unpaired) electrons. The summed E-state index contributed by atoms with van der Waals surface area (Å²) >= 11 is 0. The Kier molecular flexibility index (Phi) is 6.07. The lowest BCUT2D eigenvalue weighted by atomic mass is 10.1. The Labute approximate surface area is 176 Å². The van der Waals surface area contributed by atoms with E-state index >= 15 is 0 Å². The number of carbonyl (C=O) groups excluding carboxylic acids is 1. The molecule has 2 aromatic carbocycles. The molecule has 164 valence electrons. The summed E-state index contributed by atoms with van der Waals surface area (Å²) < 4.78 is 71.3. The molecule has 0 spiro atoms. The van der Waals surface area contributed by atoms with E-state index in [1.807, 2.05) is 0 Å². The van der Waals surface area contributed by atoms with Crippen molar-refractivity contribution in [1.82, 2.24) is 10.5 Å². The van der Waals surface area contributed by atoms with Gasteiger partial charge in [0.15, 0.2) is 0 Å². The van der Waals surface area contributed by atoms with Crippen LogP contribution < -0.4 is 10.0 Å². The number of aryl methyl sites for hydroxylation is 2. The van der Waals surface area contributed by atoms with Gasteiger partial charge in [-0.3, -0.25) is 9.52 Å². The number of nitrogens with one attached hydrogen (secondary N) is 2. The van der Waals surface area contributed by atoms with E-state index in [1.165, 1.54) is 24.3 Å². The Morgan fingerprint density at radius 3 is 2.45 bits per heavy atom. The van der Waals surface area contributed by atoms with Crippen molar-refractivity contribution in [3.63, 3.8) is 0 Å². The second-order valence-corrected chi connectivity index (χ2v) is 8.34. The minimum absolute atomic E-state index is 0.00445. The maximum atomic E-state index is 12.9. The van der Waals surface area contributed by atoms with Crippen LogP contribution >= 0.6 is 0 Å². The van der Waals surface area contributed by atoms with Gasteiger partial charge < -0.3 is 9.84 Å². The second-order valence-electron chi connectivity index (χ2n) is 6.66. The van der Waals surface area contributed by atoms with E-state index in [-0.39, 0.29) is 17.8 Å². The highest BCUT2D eigenvalue weighted by atomic mass is 32.2. The average molecular weight is 453 g/mol. The lowest BCUT2D eigenvalue weighted by Crippen LogP contribution is -2.25. The van der Waals surface area contributed by atoms with Crippen molar-refractivity contribution >= 4 is 21.6 Å². The Morgan fingerprint density at radius 1 is 1.10 bits per heavy atom. The molecule has 0 aliphatic heterocycles. The zero-order valence-electron chi connectivity index (χ0n) is 16.4. The molecule has 1 amide bonds. The van der Waals surface area contributed by atoms with Crippen molar-refractivity contribution in [2.24, 2.45) is 0 Å². The number of halogens is 3. The van der Waals surface area contributed by atoms with E-state index in [4.69, 9.17) is 4.52 Å². The van der Waals surface area contributed by atoms with Crippen LogP contribution in [0.4, 0.5) is 18.9 Å². The van der Waals surface area contributed by atoms with Crippen molar-refractivity contribution in [3.05, 3.63) is 76.7 Å². The number of para-hydroxylation sites is 1. The van der Waals surface area contributed by atoms with Gasteiger partial charge in [-0.1, -0.05) is 23.4 Å². The Bertz CT molecular complexity index is 1200. The van der Waals surface area contributed by atoms with Crippen LogP contribution in [0.25, 0.3) is 0 Å². The summed E-state index contributed by atoms with van der Waals surface area (Å²) in [5, 5.41) is 6.45. The minimum atomic E-state index is -4.69. The Hall–Kier alpha value is -3.34. The highest BCUT2D eigenvalue weighted by Gasteiger charge is 2.32. The molecule has 0 bridgehead atoms. The molecule has 1 aromatic heterocycles. The lowest BCUT2D eigenvalue weighted by Gasteiger charge is -2.14. The molecule has 0 fully saturated rings. The van der Waals surface area contributed by atoms with E-state index in [9.17, 15) is 26.4 Å². The molecule has 3 rings (SSSR count). The SMILES string of the molecule is Cc1noc(C)c1CNC(=O)c1ccccc1NS(=O)(=O)c1cccc(C(F)(F)F)c1. The van der Waals surface area contributed by atoms with Gasteiger partial charge in [-0.05, 0) is 44.2 Å². The number of carbonyl (C=O) groups is 1. The van der Waals surface area contributed by atoms with Gasteiger partial charge >= 0.3 is 6.18 Å². The topological polar surface area (TPSA) is 101 Å². The molecular weight excluding hydrogens is 435 g/mol. The maximum absolute atomic E-state index is 12.9. The van der Waals surface area contributed by atoms with Crippen LogP contribution in [0.1, 0.15) is 32.9 Å². The third kappa shape index (κ3) is 5.05. The summed E-state index contributed by atoms with van der Waals surface area (Å²) in [4.78, 5) is 12.1. The first-order chi connectivity index (χ1) is 14.5. The number of nitrogens with zero attached hydrogens (tertiary/aromatic N) is 1. The number of aromatic nitrogens is 1. The molecule has 2 N–H and O–H groups in total. The predicted molar refractivity (Wildman–Crippen MR) is 106 cm³/mol. The molecule has 0 atom stereocenters. The number of hydrogen-bond donors (Lipinski definition) is 2. The van der Waals surface area contributed by atoms with E-state index in [0.717, 1.165) is 18.2 Å². The molecule has 0 saturated carbocycles. The molecule has 0 saturated heterocycles. The van der Waals surface area contributed by atoms with Crippen LogP contribution in [0.15, 0.2) is 57.9 Å². The standard InChI is InChI=1S/C20H18F3N3O4S/c1-12-17(13(2)30-25-12)11-24-19(27)16-8-3-4-9-18(16)26-31(28,29)15-7-5-6-14(10-15)20(21,22)23/h3-10,26H,11H2,1-2H3,(H,24,27). The van der Waals surface area contributed by atoms with E-state index in [0.29, 0.717) is 23.1 Å². The lowest BCUT2D eigenvalue weighted by molar-refractivity contribution is -0.137. The maximum Gasteiger partial charge on any atom is 0.416 e. The van der Waals surface area contributed by atoms with Gasteiger partial charge in [-0.15, -0.1) is 0 Å². The summed E-state index contributed by atoms with van der Waals surface area (Å²) in [7, 11) is -4.38. The largest absolute Gasteiger partial charge is 0.416 e. The molecular formula is C20H18F3N3O4S. The van der Waals surface area contributed by atoms with E-state index in [2.05, 4.69) is 15.2 Å². The summed E-state index contributed by atoms with van der Waals surface area (Å²) in [6.07, 6.45) is -4.69. The number of anilines is 1. The average Bonchev–Trinajstić information content (AvgIpc) is 3.03. The van der Waals surface area contributed by atoms with Gasteiger partial charge in [0.2, 0.25) is 0 Å². The van der Waals surface area contributed by atoms with Crippen molar-refractivity contribution in [2.45, 2.75) is 31.5 Å². The van der Waals surface area contributed by atoms with Crippen molar-refractivity contribution in [2.75, 3.05) is 4.72 Å². The van der Waals surface area contributed by atoms with Crippen molar-refractivity contribution in [3.8, 4) is 0 Å². The monoisotopic (exact) mass is 453 g/mol. The molecule has 3 aromatic rings. The highest BCUT2D eigenvalue weighted by Crippen LogP contribution is 2.31. The molecule has 0 aliphatic rings. The van der Waals surface area contributed by atoms with Crippen LogP contribution in [0.3, 0.4) is 0 Å². The fraction of sp³-hybridized carbons (Fsp3) is 0.200. The smallest absolute Gasteiger partial charge is 0.361 e. The first-order valence-electron chi connectivity index (χ1n) is 8.98. The summed E-state index contributed by atoms with van der Waals surface area (Å²) in [5.74, 6) is -0.0429. The number of alkyl halides is 3. The van der Waals surface area contributed by atoms with Crippen molar-refractivity contribution < 1.29 is 30.9 Å². The fourth-order valence-corrected chi connectivity index (χ4v) is 3.96. The Balaban J connectivity index is 1.84. The number of sulfonamides is 1.